The number of hydrogen-bond donors (Lipinski definition) is 1. The molecular formula is C29H26FN3O4S. The number of benzene rings is 4. The molecule has 4 rings (SSSR count). The fraction of sp³-hybridized carbons (Fsp3) is 0.103. The van der Waals surface area contributed by atoms with Crippen LogP contribution in [-0.2, 0) is 21.4 Å². The Bertz CT molecular complexity index is 1510. The highest BCUT2D eigenvalue weighted by atomic mass is 32.2. The van der Waals surface area contributed by atoms with E-state index in [0.29, 0.717) is 23.6 Å². The van der Waals surface area contributed by atoms with Crippen molar-refractivity contribution in [3.05, 3.63) is 126 Å². The number of anilines is 1. The van der Waals surface area contributed by atoms with Crippen LogP contribution in [0, 0.1) is 12.7 Å². The smallest absolute Gasteiger partial charge is 0.264 e. The van der Waals surface area contributed by atoms with Crippen LogP contribution in [0.5, 0.6) is 5.75 Å². The number of hydrogen-bond acceptors (Lipinski definition) is 5. The van der Waals surface area contributed by atoms with E-state index in [0.717, 1.165) is 39.7 Å². The summed E-state index contributed by atoms with van der Waals surface area (Å²) in [6.07, 6.45) is 1.43. The number of carbonyl (C=O) groups excluding carboxylic acids is 1. The van der Waals surface area contributed by atoms with Crippen LogP contribution in [0.1, 0.15) is 16.7 Å². The zero-order valence-corrected chi connectivity index (χ0v) is 21.4. The molecule has 7 nitrogen and oxygen atoms in total. The molecule has 1 amide bonds. The van der Waals surface area contributed by atoms with Crippen molar-refractivity contribution in [2.24, 2.45) is 5.10 Å². The van der Waals surface area contributed by atoms with Gasteiger partial charge in [-0.1, -0.05) is 60.2 Å². The van der Waals surface area contributed by atoms with Gasteiger partial charge in [-0.3, -0.25) is 9.10 Å². The first kappa shape index (κ1) is 26.6. The molecule has 0 bridgehead atoms. The fourth-order valence-electron chi connectivity index (χ4n) is 3.55. The second-order valence-corrected chi connectivity index (χ2v) is 10.3. The van der Waals surface area contributed by atoms with Crippen LogP contribution >= 0.6 is 0 Å². The Balaban J connectivity index is 1.48. The zero-order chi connectivity index (χ0) is 27.0. The summed E-state index contributed by atoms with van der Waals surface area (Å²) in [6.45, 7) is 1.70. The summed E-state index contributed by atoms with van der Waals surface area (Å²) in [4.78, 5) is 12.7. The summed E-state index contributed by atoms with van der Waals surface area (Å²) in [5.41, 5.74) is 5.24. The Morgan fingerprint density at radius 1 is 0.921 bits per heavy atom. The van der Waals surface area contributed by atoms with Crippen LogP contribution in [0.15, 0.2) is 113 Å². The van der Waals surface area contributed by atoms with Gasteiger partial charge in [0.2, 0.25) is 0 Å². The van der Waals surface area contributed by atoms with Gasteiger partial charge in [0.1, 0.15) is 24.7 Å². The van der Waals surface area contributed by atoms with Gasteiger partial charge in [-0.05, 0) is 61.0 Å². The highest BCUT2D eigenvalue weighted by Crippen LogP contribution is 2.24. The van der Waals surface area contributed by atoms with Crippen molar-refractivity contribution in [2.75, 3.05) is 10.8 Å². The molecular weight excluding hydrogens is 505 g/mol. The summed E-state index contributed by atoms with van der Waals surface area (Å²) < 4.78 is 47.0. The van der Waals surface area contributed by atoms with Gasteiger partial charge in [0.25, 0.3) is 15.9 Å². The number of para-hydroxylation sites is 1. The first-order valence-corrected chi connectivity index (χ1v) is 13.2. The Morgan fingerprint density at radius 2 is 1.58 bits per heavy atom. The summed E-state index contributed by atoms with van der Waals surface area (Å²) in [6, 6.07) is 28.0. The van der Waals surface area contributed by atoms with Crippen LogP contribution in [-0.4, -0.2) is 27.1 Å². The minimum absolute atomic E-state index is 0.139. The van der Waals surface area contributed by atoms with Gasteiger partial charge in [0.15, 0.2) is 0 Å². The molecule has 9 heteroatoms. The lowest BCUT2D eigenvalue weighted by Crippen LogP contribution is -2.39. The summed E-state index contributed by atoms with van der Waals surface area (Å²) in [7, 11) is -4.16. The molecule has 0 heterocycles. The van der Waals surface area contributed by atoms with Crippen molar-refractivity contribution in [2.45, 2.75) is 18.4 Å². The molecule has 0 aromatic heterocycles. The molecule has 0 atom stereocenters. The Hall–Kier alpha value is -4.50. The van der Waals surface area contributed by atoms with Gasteiger partial charge in [-0.2, -0.15) is 5.10 Å². The Labute approximate surface area is 221 Å². The molecule has 0 aliphatic carbocycles. The molecule has 194 valence electrons. The number of sulfonamides is 1. The van der Waals surface area contributed by atoms with E-state index in [1.807, 2.05) is 49.4 Å². The van der Waals surface area contributed by atoms with Crippen LogP contribution in [0.2, 0.25) is 0 Å². The molecule has 0 saturated carbocycles. The molecule has 4 aromatic rings. The van der Waals surface area contributed by atoms with Crippen LogP contribution < -0.4 is 14.5 Å². The van der Waals surface area contributed by atoms with E-state index in [-0.39, 0.29) is 4.90 Å². The highest BCUT2D eigenvalue weighted by molar-refractivity contribution is 7.92. The third-order valence-corrected chi connectivity index (χ3v) is 7.35. The van der Waals surface area contributed by atoms with E-state index in [9.17, 15) is 17.6 Å². The first-order valence-electron chi connectivity index (χ1n) is 11.8. The van der Waals surface area contributed by atoms with E-state index >= 15 is 0 Å². The monoisotopic (exact) mass is 531 g/mol. The lowest BCUT2D eigenvalue weighted by atomic mass is 10.2. The van der Waals surface area contributed by atoms with Gasteiger partial charge in [-0.15, -0.1) is 0 Å². The average molecular weight is 532 g/mol. The van der Waals surface area contributed by atoms with Crippen molar-refractivity contribution in [3.63, 3.8) is 0 Å². The van der Waals surface area contributed by atoms with Crippen molar-refractivity contribution >= 4 is 27.8 Å². The first-order chi connectivity index (χ1) is 18.3. The van der Waals surface area contributed by atoms with Crippen molar-refractivity contribution in [1.82, 2.24) is 5.43 Å². The number of carbonyl (C=O) groups is 1. The lowest BCUT2D eigenvalue weighted by molar-refractivity contribution is -0.119. The highest BCUT2D eigenvalue weighted by Gasteiger charge is 2.27. The number of hydrazone groups is 1. The number of rotatable bonds is 10. The molecule has 0 aliphatic heterocycles. The van der Waals surface area contributed by atoms with Gasteiger partial charge in [-0.25, -0.2) is 18.2 Å². The molecule has 0 saturated heterocycles. The minimum Gasteiger partial charge on any atom is -0.488 e. The molecule has 0 aliphatic rings. The van der Waals surface area contributed by atoms with Crippen LogP contribution in [0.3, 0.4) is 0 Å². The van der Waals surface area contributed by atoms with Crippen molar-refractivity contribution < 1.29 is 22.3 Å². The second kappa shape index (κ2) is 12.2. The molecule has 1 N–H and O–H groups in total. The normalized spacial score (nSPS) is 11.3. The quantitative estimate of drug-likeness (QED) is 0.229. The second-order valence-electron chi connectivity index (χ2n) is 8.41. The van der Waals surface area contributed by atoms with Gasteiger partial charge < -0.3 is 4.74 Å². The van der Waals surface area contributed by atoms with E-state index in [4.69, 9.17) is 4.74 Å². The SMILES string of the molecule is Cc1ccc(N(CC(=O)N/N=C\c2ccccc2OCc2ccccc2)S(=O)(=O)c2ccc(F)cc2)cc1. The number of nitrogens with one attached hydrogen (secondary N) is 1. The number of nitrogens with zero attached hydrogens (tertiary/aromatic N) is 2. The summed E-state index contributed by atoms with van der Waals surface area (Å²) in [5, 5.41) is 4.01. The van der Waals surface area contributed by atoms with Gasteiger partial charge >= 0.3 is 0 Å². The van der Waals surface area contributed by atoms with E-state index in [2.05, 4.69) is 10.5 Å². The standard InChI is InChI=1S/C29H26FN3O4S/c1-22-11-15-26(16-12-22)33(38(35,36)27-17-13-25(30)14-18-27)20-29(34)32-31-19-24-9-5-6-10-28(24)37-21-23-7-3-2-4-8-23/h2-19H,20-21H2,1H3,(H,32,34)/b31-19-. The van der Waals surface area contributed by atoms with E-state index in [1.165, 1.54) is 6.21 Å². The average Bonchev–Trinajstić information content (AvgIpc) is 2.92. The topological polar surface area (TPSA) is 88.1 Å². The molecule has 4 aromatic carbocycles. The predicted octanol–water partition coefficient (Wildman–Crippen LogP) is 5.06. The lowest BCUT2D eigenvalue weighted by Gasteiger charge is -2.23. The molecule has 0 radical (unpaired) electrons. The largest absolute Gasteiger partial charge is 0.488 e. The third kappa shape index (κ3) is 6.83. The van der Waals surface area contributed by atoms with Crippen molar-refractivity contribution in [3.8, 4) is 5.75 Å². The maximum Gasteiger partial charge on any atom is 0.264 e. The van der Waals surface area contributed by atoms with Crippen LogP contribution in [0.25, 0.3) is 0 Å². The van der Waals surface area contributed by atoms with Gasteiger partial charge in [0.05, 0.1) is 16.8 Å². The predicted molar refractivity (Wildman–Crippen MR) is 145 cm³/mol. The molecule has 0 spiro atoms. The number of aryl methyl sites for hydroxylation is 1. The van der Waals surface area contributed by atoms with Gasteiger partial charge in [0, 0.05) is 5.56 Å². The maximum absolute atomic E-state index is 13.4. The number of ether oxygens (including phenoxy) is 1. The Morgan fingerprint density at radius 3 is 2.29 bits per heavy atom. The number of amides is 1. The van der Waals surface area contributed by atoms with E-state index in [1.54, 1.807) is 36.4 Å². The zero-order valence-electron chi connectivity index (χ0n) is 20.6. The number of halogens is 1. The minimum atomic E-state index is -4.16. The molecule has 0 unspecified atom stereocenters. The van der Waals surface area contributed by atoms with Crippen molar-refractivity contribution in [1.29, 1.82) is 0 Å². The third-order valence-electron chi connectivity index (χ3n) is 5.56. The Kier molecular flexibility index (Phi) is 8.50. The van der Waals surface area contributed by atoms with E-state index < -0.39 is 28.3 Å². The molecule has 38 heavy (non-hydrogen) atoms. The fourth-order valence-corrected chi connectivity index (χ4v) is 4.97. The summed E-state index contributed by atoms with van der Waals surface area (Å²) >= 11 is 0. The van der Waals surface area contributed by atoms with Crippen LogP contribution in [0.4, 0.5) is 10.1 Å². The maximum atomic E-state index is 13.4. The molecule has 0 fully saturated rings. The summed E-state index contributed by atoms with van der Waals surface area (Å²) in [5.74, 6) is -0.643.